The summed E-state index contributed by atoms with van der Waals surface area (Å²) in [6.07, 6.45) is 30.5. The number of fused-ring (bicyclic) bond motifs is 2. The second-order valence-electron chi connectivity index (χ2n) is 30.0. The summed E-state index contributed by atoms with van der Waals surface area (Å²) in [6, 6.07) is 4.52. The lowest BCUT2D eigenvalue weighted by Gasteiger charge is -2.60. The second kappa shape index (κ2) is 25.6. The van der Waals surface area contributed by atoms with E-state index in [2.05, 4.69) is 143 Å². The van der Waals surface area contributed by atoms with E-state index in [4.69, 9.17) is 38.4 Å². The lowest BCUT2D eigenvalue weighted by molar-refractivity contribution is -0.270. The average molecular weight is 1190 g/mol. The summed E-state index contributed by atoms with van der Waals surface area (Å²) in [5.41, 5.74) is 9.02. The first kappa shape index (κ1) is 63.7. The Hall–Kier alpha value is -3.34. The van der Waals surface area contributed by atoms with Crippen LogP contribution in [0.2, 0.25) is 33.2 Å². The smallest absolute Gasteiger partial charge is 0.171 e. The van der Waals surface area contributed by atoms with E-state index in [0.717, 1.165) is 98.5 Å². The van der Waals surface area contributed by atoms with Crippen molar-refractivity contribution >= 4 is 49.9 Å². The van der Waals surface area contributed by atoms with E-state index in [9.17, 15) is 4.79 Å². The largest absolute Gasteiger partial charge is 0.494 e. The molecule has 0 spiro atoms. The highest BCUT2D eigenvalue weighted by Crippen LogP contribution is 2.64. The molecule has 6 heterocycles. The number of ketones is 1. The van der Waals surface area contributed by atoms with Crippen LogP contribution in [0.5, 0.6) is 11.5 Å². The number of methoxy groups -OCH3 is 2. The van der Waals surface area contributed by atoms with Gasteiger partial charge in [-0.25, -0.2) is 9.97 Å². The zero-order chi connectivity index (χ0) is 60.2. The SMILES string of the molecule is CC=C(c1c(OC)cnc2c1ccn2[Si](C(C)C)(C(C)C)C(C)C)C1C2CC3CC1CC(OC1CCCCO1)(C3)C2.CCC.COc1cnc2c(ccn2[Si](C(C)C)(C(C)C)C(C)C)c1C(=O)C1C2CC3CC1CC(OC1CCCCO1)(C3)C2. The molecule has 466 valence electrons. The van der Waals surface area contributed by atoms with Crippen molar-refractivity contribution < 1.29 is 33.2 Å². The Balaban J connectivity index is 0.000000179. The van der Waals surface area contributed by atoms with Crippen LogP contribution in [0.15, 0.2) is 43.0 Å². The molecule has 84 heavy (non-hydrogen) atoms. The Morgan fingerprint density at radius 3 is 1.30 bits per heavy atom. The summed E-state index contributed by atoms with van der Waals surface area (Å²) in [7, 11) is -0.476. The standard InChI is InChI=1S/C35H54N2O3Si.C33H50N2O4Si.C3H8/c1-9-28(32-26-16-25-17-27(32)20-35(18-25,19-26)40-31-12-10-11-15-39-31)33-29-13-14-37(34(29)36-21-30(33)38-8)41(22(2)3,23(4)5)24(6)7;1-20(2)40(21(3)4,22(5)6)35-12-11-26-30(27(37-7)19-34-32(26)35)31(36)29-24-14-23-15-25(29)18-33(16-23,17-24)39-28-10-8-9-13-38-28;1-3-2/h9,13-14,21-27,31-32H,10-12,15-20H2,1-8H3;11-12,19-25,28-29H,8-10,13-18H2,1-7H3;3H2,1-2H3. The summed E-state index contributed by atoms with van der Waals surface area (Å²) in [5.74, 6) is 5.90. The molecule has 8 bridgehead atoms. The van der Waals surface area contributed by atoms with Crippen molar-refractivity contribution in [2.45, 2.75) is 270 Å². The number of Topliss-reactive ketones (excluding diaryl/α,β-unsaturated/α-hetero) is 1. The fourth-order valence-corrected chi connectivity index (χ4v) is 34.3. The minimum absolute atomic E-state index is 0.00613. The summed E-state index contributed by atoms with van der Waals surface area (Å²) in [4.78, 5) is 24.8. The molecule has 0 amide bonds. The molecule has 4 aromatic rings. The molecular weight excluding hydrogens is 1080 g/mol. The van der Waals surface area contributed by atoms with Gasteiger partial charge in [0.25, 0.3) is 0 Å². The van der Waals surface area contributed by atoms with E-state index < -0.39 is 16.5 Å². The van der Waals surface area contributed by atoms with Crippen molar-refractivity contribution in [1.82, 2.24) is 18.4 Å². The Bertz CT molecular complexity index is 2850. The zero-order valence-corrected chi connectivity index (χ0v) is 57.4. The van der Waals surface area contributed by atoms with Crippen LogP contribution in [-0.2, 0) is 18.9 Å². The van der Waals surface area contributed by atoms with Gasteiger partial charge in [0, 0.05) is 35.5 Å². The first-order chi connectivity index (χ1) is 40.2. The van der Waals surface area contributed by atoms with Gasteiger partial charge in [-0.05, 0) is 214 Å². The fraction of sp³-hybridized carbons (Fsp3) is 0.761. The number of carbonyl (C=O) groups is 1. The Morgan fingerprint density at radius 2 is 0.952 bits per heavy atom. The van der Waals surface area contributed by atoms with E-state index >= 15 is 0 Å². The Labute approximate surface area is 509 Å². The predicted molar refractivity (Wildman–Crippen MR) is 348 cm³/mol. The van der Waals surface area contributed by atoms with E-state index in [-0.39, 0.29) is 35.5 Å². The predicted octanol–water partition coefficient (Wildman–Crippen LogP) is 18.6. The molecule has 10 aliphatic rings. The van der Waals surface area contributed by atoms with Crippen LogP contribution in [0.25, 0.3) is 27.6 Å². The zero-order valence-electron chi connectivity index (χ0n) is 55.4. The minimum atomic E-state index is -2.02. The van der Waals surface area contributed by atoms with Crippen molar-refractivity contribution in [3.63, 3.8) is 0 Å². The molecular formula is C71H112N4O7Si2. The van der Waals surface area contributed by atoms with Crippen LogP contribution in [0.3, 0.4) is 0 Å². The maximum atomic E-state index is 14.7. The number of hydrogen-bond donors (Lipinski definition) is 0. The number of allylic oxidation sites excluding steroid dienone is 2. The molecule has 6 atom stereocenters. The Morgan fingerprint density at radius 1 is 0.583 bits per heavy atom. The number of ether oxygens (including phenoxy) is 6. The molecule has 14 rings (SSSR count). The monoisotopic (exact) mass is 1190 g/mol. The molecule has 4 aromatic heterocycles. The van der Waals surface area contributed by atoms with Gasteiger partial charge in [-0.3, -0.25) is 4.79 Å². The lowest BCUT2D eigenvalue weighted by Crippen LogP contribution is -2.58. The van der Waals surface area contributed by atoms with Gasteiger partial charge in [0.05, 0.1) is 43.4 Å². The topological polar surface area (TPSA) is 108 Å². The van der Waals surface area contributed by atoms with Crippen molar-refractivity contribution in [1.29, 1.82) is 0 Å². The third-order valence-corrected chi connectivity index (χ3v) is 36.7. The summed E-state index contributed by atoms with van der Waals surface area (Å²) >= 11 is 0. The molecule has 0 aromatic carbocycles. The van der Waals surface area contributed by atoms with Gasteiger partial charge >= 0.3 is 0 Å². The second-order valence-corrected chi connectivity index (χ2v) is 41.4. The summed E-state index contributed by atoms with van der Waals surface area (Å²) < 4.78 is 42.9. The van der Waals surface area contributed by atoms with E-state index in [1.54, 1.807) is 7.11 Å². The minimum Gasteiger partial charge on any atom is -0.494 e. The molecule has 8 saturated carbocycles. The van der Waals surface area contributed by atoms with Crippen LogP contribution < -0.4 is 9.47 Å². The van der Waals surface area contributed by atoms with Crippen LogP contribution in [0.4, 0.5) is 0 Å². The van der Waals surface area contributed by atoms with E-state index in [1.807, 2.05) is 19.5 Å². The Kier molecular flexibility index (Phi) is 19.4. The first-order valence-electron chi connectivity index (χ1n) is 34.1. The summed E-state index contributed by atoms with van der Waals surface area (Å²) in [5, 5.41) is 2.24. The van der Waals surface area contributed by atoms with Crippen LogP contribution in [0.1, 0.15) is 229 Å². The van der Waals surface area contributed by atoms with Gasteiger partial charge < -0.3 is 36.9 Å². The number of rotatable bonds is 18. The molecule has 0 radical (unpaired) electrons. The number of aromatic nitrogens is 4. The van der Waals surface area contributed by atoms with Crippen molar-refractivity contribution in [2.24, 2.45) is 47.3 Å². The fourth-order valence-electron chi connectivity index (χ4n) is 21.3. The molecule has 13 heteroatoms. The molecule has 6 unspecified atom stereocenters. The number of pyridine rings is 2. The number of hydrogen-bond acceptors (Lipinski definition) is 9. The van der Waals surface area contributed by atoms with Gasteiger partial charge in [0.1, 0.15) is 22.8 Å². The highest BCUT2D eigenvalue weighted by atomic mass is 28.3. The normalized spacial score (nSPS) is 31.2. The molecule has 10 fully saturated rings. The van der Waals surface area contributed by atoms with Gasteiger partial charge in [-0.15, -0.1) is 0 Å². The van der Waals surface area contributed by atoms with Gasteiger partial charge in [0.15, 0.2) is 34.8 Å². The average Bonchev–Trinajstić information content (AvgIpc) is 3.33. The van der Waals surface area contributed by atoms with E-state index in [1.165, 1.54) is 74.3 Å². The van der Waals surface area contributed by atoms with Crippen LogP contribution >= 0.6 is 0 Å². The third-order valence-electron chi connectivity index (χ3n) is 23.2. The van der Waals surface area contributed by atoms with Gasteiger partial charge in [0.2, 0.25) is 0 Å². The molecule has 2 saturated heterocycles. The van der Waals surface area contributed by atoms with Gasteiger partial charge in [-0.1, -0.05) is 109 Å². The maximum Gasteiger partial charge on any atom is 0.171 e. The quantitative estimate of drug-likeness (QED) is 0.0711. The number of carbonyl (C=O) groups excluding carboxylic acids is 1. The van der Waals surface area contributed by atoms with Crippen LogP contribution in [-0.4, -0.2) is 91.9 Å². The van der Waals surface area contributed by atoms with Crippen molar-refractivity contribution in [3.8, 4) is 11.5 Å². The highest BCUT2D eigenvalue weighted by Gasteiger charge is 2.60. The van der Waals surface area contributed by atoms with E-state index in [0.29, 0.717) is 74.5 Å². The summed E-state index contributed by atoms with van der Waals surface area (Å²) in [6.45, 7) is 37.0. The maximum absolute atomic E-state index is 14.7. The van der Waals surface area contributed by atoms with Gasteiger partial charge in [-0.2, -0.15) is 0 Å². The van der Waals surface area contributed by atoms with Crippen LogP contribution in [0, 0.1) is 47.3 Å². The molecule has 2 aliphatic heterocycles. The van der Waals surface area contributed by atoms with Crippen molar-refractivity contribution in [3.05, 3.63) is 54.1 Å². The number of nitrogens with zero attached hydrogens (tertiary/aromatic N) is 4. The molecule has 11 nitrogen and oxygen atoms in total. The lowest BCUT2D eigenvalue weighted by atomic mass is 9.48. The molecule has 0 N–H and O–H groups in total. The molecule has 8 aliphatic carbocycles. The first-order valence-corrected chi connectivity index (χ1v) is 38.4. The van der Waals surface area contributed by atoms with Crippen molar-refractivity contribution in [2.75, 3.05) is 27.4 Å². The highest BCUT2D eigenvalue weighted by molar-refractivity contribution is 6.83. The third kappa shape index (κ3) is 11.1.